The summed E-state index contributed by atoms with van der Waals surface area (Å²) in [5.74, 6) is -0.923. The summed E-state index contributed by atoms with van der Waals surface area (Å²) < 4.78 is 20.3. The van der Waals surface area contributed by atoms with Gasteiger partial charge in [-0.3, -0.25) is 9.55 Å². The highest BCUT2D eigenvalue weighted by molar-refractivity contribution is 5.97. The van der Waals surface area contributed by atoms with Crippen LogP contribution in [-0.2, 0) is 5.41 Å². The molecule has 0 aliphatic heterocycles. The number of benzene rings is 7. The summed E-state index contributed by atoms with van der Waals surface area (Å²) in [5, 5.41) is 11.7. The van der Waals surface area contributed by atoms with E-state index in [-0.39, 0.29) is 11.2 Å². The topological polar surface area (TPSA) is 50.9 Å². The first-order chi connectivity index (χ1) is 31.3. The second-order valence-electron chi connectivity index (χ2n) is 18.6. The van der Waals surface area contributed by atoms with Crippen LogP contribution in [0.1, 0.15) is 90.8 Å². The standard InChI is InChI=1S/C60H57N3O/c1-37(2)50-17-13-18-51(38(3)4)56(50)44-25-27-49(28-26-44)63-55-20-14-19-52(57(55)62-59(63)53-32-39(5)31-40(6)58(53)64)46-33-47(35-48(34-46)60(7,8)9)54-36-45(29-30-61-54)43-23-21-42(22-24-43)41-15-11-10-12-16-41/h10-38,64H,1-9H3/i37D,38D. The summed E-state index contributed by atoms with van der Waals surface area (Å²) in [6.07, 6.45) is 1.90. The molecular formula is C60H57N3O. The van der Waals surface area contributed by atoms with Crippen molar-refractivity contribution in [2.45, 2.75) is 79.5 Å². The molecule has 7 aromatic carbocycles. The molecule has 0 spiro atoms. The number of imidazole rings is 1. The summed E-state index contributed by atoms with van der Waals surface area (Å²) in [7, 11) is 0. The third kappa shape index (κ3) is 8.05. The molecule has 4 nitrogen and oxygen atoms in total. The Morgan fingerprint density at radius 3 is 1.83 bits per heavy atom. The maximum atomic E-state index is 11.7. The molecule has 0 saturated heterocycles. The van der Waals surface area contributed by atoms with Crippen LogP contribution in [0.2, 0.25) is 0 Å². The molecule has 0 aliphatic rings. The average molecular weight is 838 g/mol. The zero-order valence-electron chi connectivity index (χ0n) is 40.4. The highest BCUT2D eigenvalue weighted by Gasteiger charge is 2.24. The summed E-state index contributed by atoms with van der Waals surface area (Å²) >= 11 is 0. The second kappa shape index (κ2) is 16.9. The Kier molecular flexibility index (Phi) is 10.5. The molecule has 318 valence electrons. The fourth-order valence-corrected chi connectivity index (χ4v) is 9.00. The van der Waals surface area contributed by atoms with Crippen molar-refractivity contribution < 1.29 is 7.85 Å². The number of fused-ring (bicyclic) bond motifs is 1. The summed E-state index contributed by atoms with van der Waals surface area (Å²) in [6, 6.07) is 54.9. The number of aromatic hydroxyl groups is 1. The molecule has 0 unspecified atom stereocenters. The molecule has 1 N–H and O–H groups in total. The van der Waals surface area contributed by atoms with Crippen molar-refractivity contribution in [3.8, 4) is 78.6 Å². The smallest absolute Gasteiger partial charge is 0.149 e. The zero-order chi connectivity index (χ0) is 46.7. The van der Waals surface area contributed by atoms with Crippen LogP contribution in [-0.4, -0.2) is 19.6 Å². The molecule has 9 rings (SSSR count). The number of pyridine rings is 1. The maximum Gasteiger partial charge on any atom is 0.149 e. The number of aromatic nitrogens is 3. The lowest BCUT2D eigenvalue weighted by atomic mass is 9.83. The van der Waals surface area contributed by atoms with Crippen LogP contribution >= 0.6 is 0 Å². The monoisotopic (exact) mass is 837 g/mol. The Hall–Kier alpha value is -7.04. The Bertz CT molecular complexity index is 3220. The van der Waals surface area contributed by atoms with Crippen LogP contribution in [0.5, 0.6) is 5.75 Å². The zero-order valence-corrected chi connectivity index (χ0v) is 38.4. The van der Waals surface area contributed by atoms with Gasteiger partial charge in [-0.2, -0.15) is 0 Å². The molecule has 0 fully saturated rings. The van der Waals surface area contributed by atoms with Gasteiger partial charge in [-0.05, 0) is 146 Å². The molecule has 2 aromatic heterocycles. The van der Waals surface area contributed by atoms with Gasteiger partial charge >= 0.3 is 0 Å². The van der Waals surface area contributed by atoms with Crippen LogP contribution in [0.3, 0.4) is 0 Å². The predicted octanol–water partition coefficient (Wildman–Crippen LogP) is 16.3. The molecule has 0 bridgehead atoms. The van der Waals surface area contributed by atoms with E-state index in [9.17, 15) is 5.11 Å². The van der Waals surface area contributed by atoms with E-state index in [4.69, 9.17) is 12.7 Å². The molecule has 0 atom stereocenters. The highest BCUT2D eigenvalue weighted by Crippen LogP contribution is 2.42. The number of hydrogen-bond acceptors (Lipinski definition) is 3. The molecule has 0 radical (unpaired) electrons. The average Bonchev–Trinajstić information content (AvgIpc) is 3.69. The lowest BCUT2D eigenvalue weighted by molar-refractivity contribution is 0.472. The van der Waals surface area contributed by atoms with E-state index < -0.39 is 11.8 Å². The van der Waals surface area contributed by atoms with Crippen LogP contribution in [0.25, 0.3) is 83.9 Å². The van der Waals surface area contributed by atoms with Gasteiger partial charge in [0.25, 0.3) is 0 Å². The Balaban J connectivity index is 1.21. The molecule has 0 aliphatic carbocycles. The van der Waals surface area contributed by atoms with Crippen LogP contribution in [0.15, 0.2) is 164 Å². The van der Waals surface area contributed by atoms with Crippen molar-refractivity contribution in [1.29, 1.82) is 0 Å². The number of phenols is 1. The van der Waals surface area contributed by atoms with Gasteiger partial charge in [0, 0.05) is 25.8 Å². The molecule has 2 heterocycles. The Morgan fingerprint density at radius 1 is 0.562 bits per heavy atom. The minimum Gasteiger partial charge on any atom is -0.507 e. The van der Waals surface area contributed by atoms with Crippen LogP contribution < -0.4 is 0 Å². The molecule has 4 heteroatoms. The maximum absolute atomic E-state index is 11.7. The molecule has 9 aromatic rings. The quantitative estimate of drug-likeness (QED) is 0.158. The largest absolute Gasteiger partial charge is 0.507 e. The van der Waals surface area contributed by atoms with Crippen molar-refractivity contribution >= 4 is 11.0 Å². The Labute approximate surface area is 381 Å². The van der Waals surface area contributed by atoms with Gasteiger partial charge in [-0.15, -0.1) is 0 Å². The lowest BCUT2D eigenvalue weighted by Crippen LogP contribution is -2.11. The van der Waals surface area contributed by atoms with Gasteiger partial charge in [0.2, 0.25) is 0 Å². The van der Waals surface area contributed by atoms with E-state index in [2.05, 4.69) is 147 Å². The van der Waals surface area contributed by atoms with Crippen LogP contribution in [0, 0.1) is 13.8 Å². The number of nitrogens with zero attached hydrogens (tertiary/aromatic N) is 3. The summed E-state index contributed by atoms with van der Waals surface area (Å²) in [6.45, 7) is 18.3. The van der Waals surface area contributed by atoms with Gasteiger partial charge in [-0.1, -0.05) is 158 Å². The van der Waals surface area contributed by atoms with Crippen molar-refractivity contribution in [2.24, 2.45) is 0 Å². The Morgan fingerprint density at radius 2 is 1.17 bits per heavy atom. The third-order valence-corrected chi connectivity index (χ3v) is 12.4. The van der Waals surface area contributed by atoms with Crippen molar-refractivity contribution in [2.75, 3.05) is 0 Å². The van der Waals surface area contributed by atoms with E-state index in [0.717, 1.165) is 83.6 Å². The van der Waals surface area contributed by atoms with E-state index in [1.54, 1.807) is 0 Å². The second-order valence-corrected chi connectivity index (χ2v) is 18.6. The van der Waals surface area contributed by atoms with Gasteiger partial charge in [-0.25, -0.2) is 4.98 Å². The fraction of sp³-hybridized carbons (Fsp3) is 0.200. The highest BCUT2D eigenvalue weighted by atomic mass is 16.3. The van der Waals surface area contributed by atoms with Crippen molar-refractivity contribution in [1.82, 2.24) is 14.5 Å². The minimum absolute atomic E-state index is 0.163. The van der Waals surface area contributed by atoms with E-state index in [1.807, 2.05) is 84.1 Å². The van der Waals surface area contributed by atoms with Gasteiger partial charge in [0.1, 0.15) is 11.6 Å². The van der Waals surface area contributed by atoms with Crippen molar-refractivity contribution in [3.63, 3.8) is 0 Å². The van der Waals surface area contributed by atoms with Crippen molar-refractivity contribution in [3.05, 3.63) is 192 Å². The molecule has 64 heavy (non-hydrogen) atoms. The van der Waals surface area contributed by atoms with Gasteiger partial charge in [0.05, 0.1) is 22.3 Å². The van der Waals surface area contributed by atoms with E-state index >= 15 is 0 Å². The normalized spacial score (nSPS) is 12.6. The number of hydrogen-bond donors (Lipinski definition) is 1. The number of phenolic OH excluding ortho intramolecular Hbond substituents is 1. The number of aryl methyl sites for hydroxylation is 2. The molecular weight excluding hydrogens is 779 g/mol. The van der Waals surface area contributed by atoms with Crippen LogP contribution in [0.4, 0.5) is 0 Å². The first-order valence-corrected chi connectivity index (χ1v) is 22.2. The molecule has 0 saturated carbocycles. The SMILES string of the molecule is [2H]C(C)(C)c1cccc(C([2H])(C)C)c1-c1ccc(-n2c(-c3cc(C)cc(C)c3O)nc3c(-c4cc(-c5cc(-c6ccc(-c7ccccc7)cc6)ccn5)cc(C(C)(C)C)c4)cccc32)cc1. The molecule has 0 amide bonds. The summed E-state index contributed by atoms with van der Waals surface area (Å²) in [4.78, 5) is 10.4. The number of rotatable bonds is 9. The lowest BCUT2D eigenvalue weighted by Gasteiger charge is -2.22. The van der Waals surface area contributed by atoms with Gasteiger partial charge < -0.3 is 5.11 Å². The van der Waals surface area contributed by atoms with E-state index in [0.29, 0.717) is 11.4 Å². The first-order valence-electron chi connectivity index (χ1n) is 23.2. The minimum atomic E-state index is -0.877. The van der Waals surface area contributed by atoms with E-state index in [1.165, 1.54) is 16.7 Å². The predicted molar refractivity (Wildman–Crippen MR) is 269 cm³/mol. The summed E-state index contributed by atoms with van der Waals surface area (Å²) in [5.41, 5.74) is 18.2. The fourth-order valence-electron chi connectivity index (χ4n) is 9.00. The first kappa shape index (κ1) is 39.8. The van der Waals surface area contributed by atoms with Gasteiger partial charge in [0.15, 0.2) is 0 Å². The third-order valence-electron chi connectivity index (χ3n) is 12.4. The number of para-hydroxylation sites is 1.